The standard InChI is InChI=1S/C18H9Cl2N3OS2/c19-14-2-1-3-15(20)13(14)10-22-23-17(24)16(26-18(23)25)8-11-4-6-12(9-21)7-5-11/h1-8,10H/b16-8+,22-10+. The van der Waals surface area contributed by atoms with Crippen LogP contribution in [-0.4, -0.2) is 21.5 Å². The number of halogens is 2. The molecule has 1 amide bonds. The van der Waals surface area contributed by atoms with Gasteiger partial charge in [-0.2, -0.15) is 15.4 Å². The number of hydrogen-bond donors (Lipinski definition) is 0. The fourth-order valence-corrected chi connectivity index (χ4v) is 3.78. The van der Waals surface area contributed by atoms with Crippen LogP contribution in [-0.2, 0) is 4.79 Å². The van der Waals surface area contributed by atoms with Crippen molar-refractivity contribution >= 4 is 69.7 Å². The van der Waals surface area contributed by atoms with Crippen LogP contribution >= 0.6 is 47.2 Å². The zero-order valence-electron chi connectivity index (χ0n) is 13.0. The number of hydrogen-bond acceptors (Lipinski definition) is 5. The lowest BCUT2D eigenvalue weighted by atomic mass is 10.1. The summed E-state index contributed by atoms with van der Waals surface area (Å²) in [5.41, 5.74) is 1.86. The van der Waals surface area contributed by atoms with Crippen molar-refractivity contribution in [2.75, 3.05) is 0 Å². The van der Waals surface area contributed by atoms with E-state index in [1.54, 1.807) is 48.5 Å². The van der Waals surface area contributed by atoms with Gasteiger partial charge in [0, 0.05) is 5.56 Å². The minimum absolute atomic E-state index is 0.314. The van der Waals surface area contributed by atoms with E-state index in [1.807, 2.05) is 6.07 Å². The minimum Gasteiger partial charge on any atom is -0.266 e. The summed E-state index contributed by atoms with van der Waals surface area (Å²) in [6.45, 7) is 0. The van der Waals surface area contributed by atoms with Gasteiger partial charge >= 0.3 is 0 Å². The third kappa shape index (κ3) is 3.97. The Morgan fingerprint density at radius 1 is 1.15 bits per heavy atom. The summed E-state index contributed by atoms with van der Waals surface area (Å²) in [5, 5.41) is 15.0. The fraction of sp³-hybridized carbons (Fsp3) is 0. The van der Waals surface area contributed by atoms with Gasteiger partial charge in [0.2, 0.25) is 0 Å². The first kappa shape index (κ1) is 18.6. The first-order valence-electron chi connectivity index (χ1n) is 7.25. The molecule has 0 unspecified atom stereocenters. The summed E-state index contributed by atoms with van der Waals surface area (Å²) >= 11 is 18.6. The molecule has 0 N–H and O–H groups in total. The number of thiocarbonyl (C=S) groups is 1. The number of amides is 1. The van der Waals surface area contributed by atoms with Gasteiger partial charge in [0.1, 0.15) is 0 Å². The molecule has 0 radical (unpaired) electrons. The molecule has 0 aromatic heterocycles. The molecule has 1 fully saturated rings. The quantitative estimate of drug-likeness (QED) is 0.395. The first-order valence-corrected chi connectivity index (χ1v) is 9.24. The van der Waals surface area contributed by atoms with Crippen molar-refractivity contribution < 1.29 is 4.79 Å². The van der Waals surface area contributed by atoms with E-state index in [9.17, 15) is 4.79 Å². The molecule has 3 rings (SSSR count). The lowest BCUT2D eigenvalue weighted by Gasteiger charge is -2.07. The molecule has 0 saturated carbocycles. The SMILES string of the molecule is N#Cc1ccc(/C=C2/SC(=S)N(/N=C/c3c(Cl)cccc3Cl)C2=O)cc1. The maximum absolute atomic E-state index is 12.6. The van der Waals surface area contributed by atoms with Gasteiger partial charge in [-0.15, -0.1) is 0 Å². The number of carbonyl (C=O) groups excluding carboxylic acids is 1. The lowest BCUT2D eigenvalue weighted by Crippen LogP contribution is -2.22. The maximum atomic E-state index is 12.6. The van der Waals surface area contributed by atoms with Gasteiger partial charge < -0.3 is 0 Å². The Bertz CT molecular complexity index is 974. The smallest absolute Gasteiger partial charge is 0.266 e. The Balaban J connectivity index is 1.83. The van der Waals surface area contributed by atoms with Crippen LogP contribution < -0.4 is 0 Å². The molecule has 1 aliphatic heterocycles. The number of thioether (sulfide) groups is 1. The molecular weight excluding hydrogens is 409 g/mol. The number of rotatable bonds is 3. The van der Waals surface area contributed by atoms with E-state index < -0.39 is 0 Å². The minimum atomic E-state index is -0.330. The molecule has 1 heterocycles. The van der Waals surface area contributed by atoms with Crippen molar-refractivity contribution in [2.45, 2.75) is 0 Å². The van der Waals surface area contributed by atoms with Crippen LogP contribution in [0, 0.1) is 11.3 Å². The summed E-state index contributed by atoms with van der Waals surface area (Å²) in [4.78, 5) is 13.0. The highest BCUT2D eigenvalue weighted by molar-refractivity contribution is 8.26. The van der Waals surface area contributed by atoms with E-state index in [-0.39, 0.29) is 5.91 Å². The Kier molecular flexibility index (Phi) is 5.74. The van der Waals surface area contributed by atoms with E-state index in [0.717, 1.165) is 22.3 Å². The van der Waals surface area contributed by atoms with Crippen LogP contribution in [0.25, 0.3) is 6.08 Å². The summed E-state index contributed by atoms with van der Waals surface area (Å²) in [5.74, 6) is -0.330. The van der Waals surface area contributed by atoms with E-state index in [0.29, 0.717) is 30.4 Å². The Hall–Kier alpha value is -2.17. The summed E-state index contributed by atoms with van der Waals surface area (Å²) in [6, 6.07) is 14.0. The molecule has 4 nitrogen and oxygen atoms in total. The molecule has 2 aromatic rings. The Morgan fingerprint density at radius 2 is 1.81 bits per heavy atom. The maximum Gasteiger partial charge on any atom is 0.286 e. The van der Waals surface area contributed by atoms with E-state index in [1.165, 1.54) is 6.21 Å². The zero-order valence-corrected chi connectivity index (χ0v) is 16.2. The number of carbonyl (C=O) groups is 1. The molecule has 0 atom stereocenters. The van der Waals surface area contributed by atoms with Crippen molar-refractivity contribution in [1.29, 1.82) is 5.26 Å². The average molecular weight is 418 g/mol. The molecule has 1 aliphatic rings. The Morgan fingerprint density at radius 3 is 2.42 bits per heavy atom. The van der Waals surface area contributed by atoms with Gasteiger partial charge in [-0.25, -0.2) is 0 Å². The van der Waals surface area contributed by atoms with Crippen LogP contribution in [0.5, 0.6) is 0 Å². The summed E-state index contributed by atoms with van der Waals surface area (Å²) < 4.78 is 0.314. The van der Waals surface area contributed by atoms with Crippen LogP contribution in [0.15, 0.2) is 52.5 Å². The van der Waals surface area contributed by atoms with Crippen LogP contribution in [0.1, 0.15) is 16.7 Å². The lowest BCUT2D eigenvalue weighted by molar-refractivity contribution is -0.122. The van der Waals surface area contributed by atoms with Gasteiger partial charge in [0.25, 0.3) is 5.91 Å². The van der Waals surface area contributed by atoms with Gasteiger partial charge in [-0.3, -0.25) is 4.79 Å². The van der Waals surface area contributed by atoms with Crippen molar-refractivity contribution in [3.05, 3.63) is 74.1 Å². The second-order valence-electron chi connectivity index (χ2n) is 5.11. The van der Waals surface area contributed by atoms with Gasteiger partial charge in [-0.1, -0.05) is 53.2 Å². The molecule has 1 saturated heterocycles. The highest BCUT2D eigenvalue weighted by atomic mass is 35.5. The average Bonchev–Trinajstić information content (AvgIpc) is 2.89. The predicted octanol–water partition coefficient (Wildman–Crippen LogP) is 5.10. The Labute approximate surface area is 169 Å². The van der Waals surface area contributed by atoms with Gasteiger partial charge in [-0.05, 0) is 48.1 Å². The molecule has 0 bridgehead atoms. The second-order valence-corrected chi connectivity index (χ2v) is 7.60. The number of benzene rings is 2. The summed E-state index contributed by atoms with van der Waals surface area (Å²) in [6.07, 6.45) is 3.12. The largest absolute Gasteiger partial charge is 0.286 e. The van der Waals surface area contributed by atoms with Crippen LogP contribution in [0.2, 0.25) is 10.0 Å². The third-order valence-corrected chi connectivity index (χ3v) is 5.35. The van der Waals surface area contributed by atoms with Gasteiger partial charge in [0.05, 0.1) is 32.8 Å². The van der Waals surface area contributed by atoms with Crippen LogP contribution in [0.3, 0.4) is 0 Å². The third-order valence-electron chi connectivity index (χ3n) is 3.41. The summed E-state index contributed by atoms with van der Waals surface area (Å²) in [7, 11) is 0. The first-order chi connectivity index (χ1) is 12.5. The predicted molar refractivity (Wildman–Crippen MR) is 110 cm³/mol. The van der Waals surface area contributed by atoms with E-state index >= 15 is 0 Å². The normalized spacial score (nSPS) is 15.9. The molecular formula is C18H9Cl2N3OS2. The monoisotopic (exact) mass is 417 g/mol. The molecule has 0 spiro atoms. The van der Waals surface area contributed by atoms with Crippen molar-refractivity contribution in [3.8, 4) is 6.07 Å². The fourth-order valence-electron chi connectivity index (χ4n) is 2.11. The number of hydrazone groups is 1. The highest BCUT2D eigenvalue weighted by Gasteiger charge is 2.32. The molecule has 26 heavy (non-hydrogen) atoms. The topological polar surface area (TPSA) is 56.5 Å². The molecule has 2 aromatic carbocycles. The van der Waals surface area contributed by atoms with Crippen molar-refractivity contribution in [3.63, 3.8) is 0 Å². The molecule has 0 aliphatic carbocycles. The van der Waals surface area contributed by atoms with Crippen LogP contribution in [0.4, 0.5) is 0 Å². The zero-order chi connectivity index (χ0) is 18.7. The number of nitrogens with zero attached hydrogens (tertiary/aromatic N) is 3. The highest BCUT2D eigenvalue weighted by Crippen LogP contribution is 2.33. The van der Waals surface area contributed by atoms with Crippen molar-refractivity contribution in [2.24, 2.45) is 5.10 Å². The number of nitriles is 1. The molecule has 128 valence electrons. The second kappa shape index (κ2) is 8.02. The van der Waals surface area contributed by atoms with E-state index in [2.05, 4.69) is 5.10 Å². The molecule has 8 heteroatoms. The van der Waals surface area contributed by atoms with E-state index in [4.69, 9.17) is 40.7 Å². The van der Waals surface area contributed by atoms with Gasteiger partial charge in [0.15, 0.2) is 4.32 Å². The van der Waals surface area contributed by atoms with Crippen molar-refractivity contribution in [1.82, 2.24) is 5.01 Å².